The minimum atomic E-state index is -0.455. The number of benzene rings is 2. The number of amides is 1. The molecule has 23 heavy (non-hydrogen) atoms. The third-order valence-corrected chi connectivity index (χ3v) is 4.17. The van der Waals surface area contributed by atoms with Crippen LogP contribution in [-0.4, -0.2) is 12.2 Å². The number of carbonyl (C=O) groups excluding carboxylic acids is 1. The summed E-state index contributed by atoms with van der Waals surface area (Å²) in [5.74, 6) is -0.455. The van der Waals surface area contributed by atoms with Crippen LogP contribution in [0.2, 0.25) is 0 Å². The van der Waals surface area contributed by atoms with Crippen molar-refractivity contribution in [1.29, 1.82) is 5.26 Å². The van der Waals surface area contributed by atoms with E-state index in [0.29, 0.717) is 5.69 Å². The van der Waals surface area contributed by atoms with Gasteiger partial charge in [0.2, 0.25) is 0 Å². The first kappa shape index (κ1) is 17.1. The topological polar surface area (TPSA) is 64.9 Å². The van der Waals surface area contributed by atoms with E-state index in [2.05, 4.69) is 26.6 Å². The summed E-state index contributed by atoms with van der Waals surface area (Å²) >= 11 is 4.95. The molecule has 2 aromatic carbocycles. The fraction of sp³-hybridized carbons (Fsp3) is 0.0588. The molecular formula is C17H14BrN3OS. The molecule has 6 heteroatoms. The van der Waals surface area contributed by atoms with Gasteiger partial charge in [0.15, 0.2) is 0 Å². The molecule has 0 atom stereocenters. The second kappa shape index (κ2) is 8.42. The summed E-state index contributed by atoms with van der Waals surface area (Å²) in [5, 5.41) is 14.8. The Morgan fingerprint density at radius 3 is 2.61 bits per heavy atom. The van der Waals surface area contributed by atoms with E-state index in [1.165, 1.54) is 6.20 Å². The smallest absolute Gasteiger partial charge is 0.267 e. The van der Waals surface area contributed by atoms with E-state index in [4.69, 9.17) is 5.26 Å². The van der Waals surface area contributed by atoms with Crippen molar-refractivity contribution in [1.82, 2.24) is 0 Å². The number of rotatable bonds is 5. The van der Waals surface area contributed by atoms with Crippen LogP contribution in [0.3, 0.4) is 0 Å². The highest BCUT2D eigenvalue weighted by Crippen LogP contribution is 2.19. The maximum atomic E-state index is 12.1. The number of nitrogens with one attached hydrogen (secondary N) is 2. The molecule has 0 heterocycles. The van der Waals surface area contributed by atoms with E-state index in [1.54, 1.807) is 23.9 Å². The van der Waals surface area contributed by atoms with E-state index in [-0.39, 0.29) is 5.57 Å². The molecule has 0 unspecified atom stereocenters. The summed E-state index contributed by atoms with van der Waals surface area (Å²) in [5.41, 5.74) is 1.45. The highest BCUT2D eigenvalue weighted by atomic mass is 79.9. The van der Waals surface area contributed by atoms with Crippen LogP contribution >= 0.6 is 27.7 Å². The number of halogens is 1. The summed E-state index contributed by atoms with van der Waals surface area (Å²) in [6, 6.07) is 16.8. The molecule has 2 rings (SSSR count). The van der Waals surface area contributed by atoms with Crippen molar-refractivity contribution in [2.45, 2.75) is 4.90 Å². The lowest BCUT2D eigenvalue weighted by atomic mass is 10.2. The number of nitriles is 1. The molecule has 0 aliphatic rings. The molecule has 4 nitrogen and oxygen atoms in total. The number of carbonyl (C=O) groups is 1. The van der Waals surface area contributed by atoms with Gasteiger partial charge < -0.3 is 10.6 Å². The van der Waals surface area contributed by atoms with Crippen LogP contribution < -0.4 is 10.6 Å². The molecule has 0 bridgehead atoms. The second-order valence-electron chi connectivity index (χ2n) is 4.51. The van der Waals surface area contributed by atoms with Crippen molar-refractivity contribution in [2.75, 3.05) is 16.9 Å². The van der Waals surface area contributed by atoms with Gasteiger partial charge in [-0.05, 0) is 48.7 Å². The Hall–Kier alpha value is -2.23. The molecule has 2 N–H and O–H groups in total. The van der Waals surface area contributed by atoms with E-state index in [9.17, 15) is 4.79 Å². The number of hydrogen-bond acceptors (Lipinski definition) is 4. The van der Waals surface area contributed by atoms with Crippen molar-refractivity contribution in [3.05, 3.63) is 64.8 Å². The molecule has 0 spiro atoms. The highest BCUT2D eigenvalue weighted by molar-refractivity contribution is 9.10. The summed E-state index contributed by atoms with van der Waals surface area (Å²) in [6.07, 6.45) is 3.40. The standard InChI is InChI=1S/C17H14BrN3OS/c1-23-16-4-2-3-15(9-16)20-11-12(10-19)17(22)21-14-7-5-13(18)6-8-14/h2-9,11,20H,1H3,(H,21,22)/b12-11-. The maximum Gasteiger partial charge on any atom is 0.267 e. The maximum absolute atomic E-state index is 12.1. The van der Waals surface area contributed by atoms with Gasteiger partial charge in [0.25, 0.3) is 5.91 Å². The van der Waals surface area contributed by atoms with E-state index >= 15 is 0 Å². The first-order chi connectivity index (χ1) is 11.1. The Morgan fingerprint density at radius 2 is 1.96 bits per heavy atom. The van der Waals surface area contributed by atoms with Crippen LogP contribution in [0.1, 0.15) is 0 Å². The molecule has 0 aliphatic heterocycles. The van der Waals surface area contributed by atoms with Gasteiger partial charge in [0.1, 0.15) is 11.6 Å². The first-order valence-electron chi connectivity index (χ1n) is 6.70. The van der Waals surface area contributed by atoms with Gasteiger partial charge in [0, 0.05) is 26.9 Å². The molecule has 0 saturated heterocycles. The lowest BCUT2D eigenvalue weighted by molar-refractivity contribution is -0.112. The Balaban J connectivity index is 2.07. The van der Waals surface area contributed by atoms with Crippen molar-refractivity contribution in [3.8, 4) is 6.07 Å². The minimum absolute atomic E-state index is 0.00229. The first-order valence-corrected chi connectivity index (χ1v) is 8.72. The predicted molar refractivity (Wildman–Crippen MR) is 98.3 cm³/mol. The van der Waals surface area contributed by atoms with Crippen LogP contribution in [0.25, 0.3) is 0 Å². The molecular weight excluding hydrogens is 374 g/mol. The summed E-state index contributed by atoms with van der Waals surface area (Å²) in [6.45, 7) is 0. The van der Waals surface area contributed by atoms with Crippen LogP contribution in [0.5, 0.6) is 0 Å². The average molecular weight is 388 g/mol. The van der Waals surface area contributed by atoms with Crippen LogP contribution in [0, 0.1) is 11.3 Å². The number of hydrogen-bond donors (Lipinski definition) is 2. The van der Waals surface area contributed by atoms with E-state index in [1.807, 2.05) is 48.7 Å². The van der Waals surface area contributed by atoms with Crippen molar-refractivity contribution in [2.24, 2.45) is 0 Å². The van der Waals surface area contributed by atoms with Gasteiger partial charge in [-0.2, -0.15) is 5.26 Å². The van der Waals surface area contributed by atoms with E-state index in [0.717, 1.165) is 15.1 Å². The fourth-order valence-corrected chi connectivity index (χ4v) is 2.47. The zero-order valence-electron chi connectivity index (χ0n) is 12.3. The molecule has 0 aliphatic carbocycles. The van der Waals surface area contributed by atoms with Crippen LogP contribution in [0.15, 0.2) is 69.7 Å². The SMILES string of the molecule is CSc1cccc(N/C=C(/C#N)C(=O)Nc2ccc(Br)cc2)c1. The highest BCUT2D eigenvalue weighted by Gasteiger charge is 2.09. The lowest BCUT2D eigenvalue weighted by Crippen LogP contribution is -2.14. The number of anilines is 2. The van der Waals surface area contributed by atoms with Crippen molar-refractivity contribution < 1.29 is 4.79 Å². The van der Waals surface area contributed by atoms with E-state index < -0.39 is 5.91 Å². The van der Waals surface area contributed by atoms with Gasteiger partial charge in [-0.1, -0.05) is 22.0 Å². The second-order valence-corrected chi connectivity index (χ2v) is 6.30. The average Bonchev–Trinajstić information content (AvgIpc) is 2.57. The van der Waals surface area contributed by atoms with Crippen LogP contribution in [0.4, 0.5) is 11.4 Å². The van der Waals surface area contributed by atoms with Gasteiger partial charge in [-0.15, -0.1) is 11.8 Å². The van der Waals surface area contributed by atoms with Gasteiger partial charge >= 0.3 is 0 Å². The third kappa shape index (κ3) is 5.16. The number of thioether (sulfide) groups is 1. The molecule has 2 aromatic rings. The van der Waals surface area contributed by atoms with Gasteiger partial charge in [-0.3, -0.25) is 4.79 Å². The zero-order chi connectivity index (χ0) is 16.7. The molecule has 0 aromatic heterocycles. The lowest BCUT2D eigenvalue weighted by Gasteiger charge is -2.06. The molecule has 0 radical (unpaired) electrons. The Kier molecular flexibility index (Phi) is 6.27. The van der Waals surface area contributed by atoms with Gasteiger partial charge in [0.05, 0.1) is 0 Å². The van der Waals surface area contributed by atoms with Gasteiger partial charge in [-0.25, -0.2) is 0 Å². The monoisotopic (exact) mass is 387 g/mol. The summed E-state index contributed by atoms with van der Waals surface area (Å²) in [7, 11) is 0. The van der Waals surface area contributed by atoms with Crippen molar-refractivity contribution >= 4 is 45.0 Å². The predicted octanol–water partition coefficient (Wildman–Crippen LogP) is 4.63. The molecule has 0 saturated carbocycles. The third-order valence-electron chi connectivity index (χ3n) is 2.92. The van der Waals surface area contributed by atoms with Crippen LogP contribution in [-0.2, 0) is 4.79 Å². The largest absolute Gasteiger partial charge is 0.360 e. The summed E-state index contributed by atoms with van der Waals surface area (Å²) in [4.78, 5) is 13.2. The Bertz CT molecular complexity index is 766. The normalized spacial score (nSPS) is 10.7. The van der Waals surface area contributed by atoms with Crippen molar-refractivity contribution in [3.63, 3.8) is 0 Å². The molecule has 1 amide bonds. The number of nitrogens with zero attached hydrogens (tertiary/aromatic N) is 1. The minimum Gasteiger partial charge on any atom is -0.360 e. The molecule has 0 fully saturated rings. The quantitative estimate of drug-likeness (QED) is 0.445. The molecule has 116 valence electrons. The zero-order valence-corrected chi connectivity index (χ0v) is 14.7. The summed E-state index contributed by atoms with van der Waals surface area (Å²) < 4.78 is 0.918. The Labute approximate surface area is 147 Å². The Morgan fingerprint density at radius 1 is 1.22 bits per heavy atom. The fourth-order valence-electron chi connectivity index (χ4n) is 1.75.